The summed E-state index contributed by atoms with van der Waals surface area (Å²) in [6.45, 7) is 11.3. The number of hydrogen-bond acceptors (Lipinski definition) is 8. The Balaban J connectivity index is 1.24. The number of imidazole rings is 1. The van der Waals surface area contributed by atoms with E-state index in [2.05, 4.69) is 44.8 Å². The van der Waals surface area contributed by atoms with Gasteiger partial charge in [0, 0.05) is 51.0 Å². The molecule has 3 aromatic rings. The fourth-order valence-electron chi connectivity index (χ4n) is 5.54. The summed E-state index contributed by atoms with van der Waals surface area (Å²) in [5.41, 5.74) is 6.04. The monoisotopic (exact) mass is 531 g/mol. The van der Waals surface area contributed by atoms with Gasteiger partial charge in [-0.1, -0.05) is 29.8 Å². The van der Waals surface area contributed by atoms with Crippen LogP contribution in [-0.2, 0) is 22.6 Å². The normalized spacial score (nSPS) is 18.5. The van der Waals surface area contributed by atoms with E-state index in [0.29, 0.717) is 5.71 Å². The maximum Gasteiger partial charge on any atom is 0.164 e. The van der Waals surface area contributed by atoms with Gasteiger partial charge < -0.3 is 29.7 Å². The number of morpholine rings is 2. The highest BCUT2D eigenvalue weighted by atomic mass is 16.5. The maximum absolute atomic E-state index is 8.51. The minimum Gasteiger partial charge on any atom is -0.379 e. The number of ether oxygens (including phenoxy) is 2. The molecule has 39 heavy (non-hydrogen) atoms. The Morgan fingerprint density at radius 1 is 1.03 bits per heavy atom. The Morgan fingerprint density at radius 3 is 2.54 bits per heavy atom. The van der Waals surface area contributed by atoms with E-state index in [0.717, 1.165) is 125 Å². The molecule has 6 rings (SSSR count). The third-order valence-corrected chi connectivity index (χ3v) is 8.00. The summed E-state index contributed by atoms with van der Waals surface area (Å²) in [7, 11) is 0. The number of nitrogens with zero attached hydrogens (tertiary/aromatic N) is 5. The van der Waals surface area contributed by atoms with Gasteiger partial charge in [0.25, 0.3) is 0 Å². The van der Waals surface area contributed by atoms with Crippen molar-refractivity contribution < 1.29 is 9.47 Å². The van der Waals surface area contributed by atoms with Crippen LogP contribution in [0.2, 0.25) is 0 Å². The second-order valence-electron chi connectivity index (χ2n) is 11.1. The van der Waals surface area contributed by atoms with E-state index < -0.39 is 0 Å². The van der Waals surface area contributed by atoms with Crippen LogP contribution in [0.25, 0.3) is 11.2 Å². The van der Waals surface area contributed by atoms with Crippen LogP contribution in [0.4, 0.5) is 11.5 Å². The van der Waals surface area contributed by atoms with Crippen LogP contribution < -0.4 is 10.2 Å². The van der Waals surface area contributed by atoms with Gasteiger partial charge in [-0.2, -0.15) is 0 Å². The van der Waals surface area contributed by atoms with Crippen LogP contribution >= 0.6 is 0 Å². The standard InChI is InChI=1S/C30H41N7O2/c1-22-4-2-5-24(18-22)25(31)6-3-9-32-27-19-26(36-12-16-39-17-13-36)29-30(33-27)37(20-23-7-8-23)28(34-29)21-35-10-14-38-15-11-35/h2,4-5,18-19,23,31H,3,6-17,20-21H2,1H3,(H,32,33). The molecule has 9 nitrogen and oxygen atoms in total. The van der Waals surface area contributed by atoms with Crippen LogP contribution in [0.3, 0.4) is 0 Å². The van der Waals surface area contributed by atoms with E-state index in [1.165, 1.54) is 18.4 Å². The van der Waals surface area contributed by atoms with Crippen molar-refractivity contribution in [2.45, 2.75) is 45.7 Å². The summed E-state index contributed by atoms with van der Waals surface area (Å²) in [6, 6.07) is 10.4. The first kappa shape index (κ1) is 26.2. The first-order valence-corrected chi connectivity index (χ1v) is 14.6. The van der Waals surface area contributed by atoms with Gasteiger partial charge in [-0.25, -0.2) is 9.97 Å². The van der Waals surface area contributed by atoms with E-state index in [1.807, 2.05) is 12.1 Å². The van der Waals surface area contributed by atoms with Gasteiger partial charge in [0.15, 0.2) is 5.65 Å². The molecular weight excluding hydrogens is 490 g/mol. The molecule has 1 saturated carbocycles. The fraction of sp³-hybridized carbons (Fsp3) is 0.567. The molecule has 0 spiro atoms. The number of pyridine rings is 1. The van der Waals surface area contributed by atoms with Crippen molar-refractivity contribution in [3.8, 4) is 0 Å². The molecule has 2 aliphatic heterocycles. The number of nitrogens with one attached hydrogen (secondary N) is 2. The van der Waals surface area contributed by atoms with Crippen molar-refractivity contribution >= 4 is 28.4 Å². The first-order chi connectivity index (χ1) is 19.1. The minimum absolute atomic E-state index is 0.688. The lowest BCUT2D eigenvalue weighted by atomic mass is 10.0. The number of rotatable bonds is 11. The minimum atomic E-state index is 0.688. The molecule has 208 valence electrons. The van der Waals surface area contributed by atoms with Crippen molar-refractivity contribution in [2.75, 3.05) is 69.4 Å². The molecule has 2 aromatic heterocycles. The Labute approximate surface area is 231 Å². The largest absolute Gasteiger partial charge is 0.379 e. The summed E-state index contributed by atoms with van der Waals surface area (Å²) in [5.74, 6) is 2.73. The third-order valence-electron chi connectivity index (χ3n) is 8.00. The zero-order valence-electron chi connectivity index (χ0n) is 23.1. The molecule has 0 bridgehead atoms. The second-order valence-corrected chi connectivity index (χ2v) is 11.1. The second kappa shape index (κ2) is 12.0. The third kappa shape index (κ3) is 6.42. The molecule has 1 aromatic carbocycles. The zero-order valence-corrected chi connectivity index (χ0v) is 23.1. The number of fused-ring (bicyclic) bond motifs is 1. The van der Waals surface area contributed by atoms with Gasteiger partial charge in [0.1, 0.15) is 17.2 Å². The molecule has 0 radical (unpaired) electrons. The Kier molecular flexibility index (Phi) is 8.08. The maximum atomic E-state index is 8.51. The highest BCUT2D eigenvalue weighted by Gasteiger charge is 2.28. The SMILES string of the molecule is Cc1cccc(C(=N)CCCNc2cc(N3CCOCC3)c3nc(CN4CCOCC4)n(CC4CC4)c3n2)c1. The van der Waals surface area contributed by atoms with Crippen LogP contribution in [-0.4, -0.2) is 84.3 Å². The number of anilines is 2. The van der Waals surface area contributed by atoms with Gasteiger partial charge in [-0.05, 0) is 44.1 Å². The Morgan fingerprint density at radius 2 is 1.79 bits per heavy atom. The molecule has 0 atom stereocenters. The van der Waals surface area contributed by atoms with Crippen LogP contribution in [0, 0.1) is 18.3 Å². The summed E-state index contributed by atoms with van der Waals surface area (Å²) in [4.78, 5) is 15.2. The predicted octanol–water partition coefficient (Wildman–Crippen LogP) is 4.08. The lowest BCUT2D eigenvalue weighted by Gasteiger charge is -2.29. The topological polar surface area (TPSA) is 91.5 Å². The summed E-state index contributed by atoms with van der Waals surface area (Å²) in [6.07, 6.45) is 4.19. The van der Waals surface area contributed by atoms with E-state index in [-0.39, 0.29) is 0 Å². The first-order valence-electron chi connectivity index (χ1n) is 14.6. The fourth-order valence-corrected chi connectivity index (χ4v) is 5.54. The molecule has 1 aliphatic carbocycles. The van der Waals surface area contributed by atoms with Gasteiger partial charge in [-0.3, -0.25) is 4.90 Å². The highest BCUT2D eigenvalue weighted by molar-refractivity contribution is 5.98. The summed E-state index contributed by atoms with van der Waals surface area (Å²) >= 11 is 0. The Hall–Kier alpha value is -3.01. The van der Waals surface area contributed by atoms with Gasteiger partial charge in [0.2, 0.25) is 0 Å². The lowest BCUT2D eigenvalue weighted by molar-refractivity contribution is 0.0326. The molecule has 3 aliphatic rings. The van der Waals surface area contributed by atoms with Crippen LogP contribution in [0.1, 0.15) is 42.6 Å². The number of hydrogen-bond donors (Lipinski definition) is 2. The highest BCUT2D eigenvalue weighted by Crippen LogP contribution is 2.35. The molecule has 2 N–H and O–H groups in total. The Bertz CT molecular complexity index is 1290. The smallest absolute Gasteiger partial charge is 0.164 e. The van der Waals surface area contributed by atoms with Crippen molar-refractivity contribution in [2.24, 2.45) is 5.92 Å². The summed E-state index contributed by atoms with van der Waals surface area (Å²) in [5, 5.41) is 12.1. The van der Waals surface area contributed by atoms with Gasteiger partial charge in [-0.15, -0.1) is 0 Å². The quantitative estimate of drug-likeness (QED) is 0.285. The molecule has 9 heteroatoms. The molecule has 0 unspecified atom stereocenters. The lowest BCUT2D eigenvalue weighted by Crippen LogP contribution is -2.36. The molecule has 2 saturated heterocycles. The molecule has 4 heterocycles. The zero-order chi connectivity index (χ0) is 26.6. The van der Waals surface area contributed by atoms with Crippen LogP contribution in [0.15, 0.2) is 30.3 Å². The number of benzene rings is 1. The van der Waals surface area contributed by atoms with Crippen molar-refractivity contribution in [1.29, 1.82) is 5.41 Å². The van der Waals surface area contributed by atoms with Gasteiger partial charge in [0.05, 0.1) is 38.7 Å². The number of aromatic nitrogens is 3. The number of aryl methyl sites for hydroxylation is 1. The van der Waals surface area contributed by atoms with Crippen LogP contribution in [0.5, 0.6) is 0 Å². The van der Waals surface area contributed by atoms with Crippen molar-refractivity contribution in [3.05, 3.63) is 47.3 Å². The molecular formula is C30H41N7O2. The molecule has 3 fully saturated rings. The summed E-state index contributed by atoms with van der Waals surface area (Å²) < 4.78 is 13.6. The van der Waals surface area contributed by atoms with Crippen molar-refractivity contribution in [1.82, 2.24) is 19.4 Å². The van der Waals surface area contributed by atoms with E-state index in [9.17, 15) is 0 Å². The van der Waals surface area contributed by atoms with Gasteiger partial charge >= 0.3 is 0 Å². The van der Waals surface area contributed by atoms with E-state index in [4.69, 9.17) is 24.9 Å². The average Bonchev–Trinajstić information content (AvgIpc) is 3.73. The van der Waals surface area contributed by atoms with E-state index >= 15 is 0 Å². The predicted molar refractivity (Wildman–Crippen MR) is 155 cm³/mol. The molecule has 0 amide bonds. The van der Waals surface area contributed by atoms with E-state index in [1.54, 1.807) is 0 Å². The average molecular weight is 532 g/mol. The van der Waals surface area contributed by atoms with Crippen molar-refractivity contribution in [3.63, 3.8) is 0 Å².